The monoisotopic (exact) mass is 283 g/mol. The molecule has 0 saturated heterocycles. The quantitative estimate of drug-likeness (QED) is 0.906. The Bertz CT molecular complexity index is 602. The molecular weight excluding hydrogens is 258 g/mol. The van der Waals surface area contributed by atoms with E-state index in [0.29, 0.717) is 6.04 Å². The molecule has 0 radical (unpaired) electrons. The number of nitrogens with zero attached hydrogens (tertiary/aromatic N) is 2. The van der Waals surface area contributed by atoms with E-state index < -0.39 is 0 Å². The summed E-state index contributed by atoms with van der Waals surface area (Å²) in [7, 11) is 2.20. The third-order valence-corrected chi connectivity index (χ3v) is 4.59. The van der Waals surface area contributed by atoms with Crippen LogP contribution in [0.5, 0.6) is 0 Å². The first kappa shape index (κ1) is 14.3. The zero-order valence-electron chi connectivity index (χ0n) is 13.1. The largest absolute Gasteiger partial charge is 0.357 e. The van der Waals surface area contributed by atoms with Crippen LogP contribution in [0.15, 0.2) is 30.3 Å². The van der Waals surface area contributed by atoms with E-state index in [1.165, 1.54) is 36.6 Å². The lowest BCUT2D eigenvalue weighted by Crippen LogP contribution is -2.29. The second-order valence-corrected chi connectivity index (χ2v) is 5.99. The van der Waals surface area contributed by atoms with Gasteiger partial charge in [0.2, 0.25) is 0 Å². The second kappa shape index (κ2) is 6.44. The van der Waals surface area contributed by atoms with Gasteiger partial charge in [-0.2, -0.15) is 0 Å². The van der Waals surface area contributed by atoms with Gasteiger partial charge in [0.15, 0.2) is 0 Å². The molecule has 2 aromatic rings. The normalized spacial score (nSPS) is 15.7. The van der Waals surface area contributed by atoms with E-state index in [0.717, 1.165) is 24.4 Å². The fraction of sp³-hybridized carbons (Fsp3) is 0.500. The minimum absolute atomic E-state index is 0.658. The molecule has 112 valence electrons. The molecule has 1 aromatic heterocycles. The summed E-state index contributed by atoms with van der Waals surface area (Å²) < 4.78 is 0. The van der Waals surface area contributed by atoms with E-state index in [2.05, 4.69) is 54.5 Å². The summed E-state index contributed by atoms with van der Waals surface area (Å²) in [6, 6.07) is 11.4. The number of benzene rings is 1. The van der Waals surface area contributed by atoms with Crippen molar-refractivity contribution in [1.29, 1.82) is 0 Å². The maximum atomic E-state index is 4.89. The van der Waals surface area contributed by atoms with E-state index >= 15 is 0 Å². The molecule has 0 amide bonds. The van der Waals surface area contributed by atoms with Crippen LogP contribution in [0.3, 0.4) is 0 Å². The molecule has 1 saturated carbocycles. The molecule has 3 rings (SSSR count). The van der Waals surface area contributed by atoms with Crippen LogP contribution in [0.25, 0.3) is 10.9 Å². The molecule has 0 spiro atoms. The average Bonchev–Trinajstić information content (AvgIpc) is 3.06. The highest BCUT2D eigenvalue weighted by Crippen LogP contribution is 2.28. The highest BCUT2D eigenvalue weighted by atomic mass is 15.2. The van der Waals surface area contributed by atoms with Gasteiger partial charge in [-0.1, -0.05) is 38.0 Å². The van der Waals surface area contributed by atoms with E-state index in [-0.39, 0.29) is 0 Å². The average molecular weight is 283 g/mol. The summed E-state index contributed by atoms with van der Waals surface area (Å²) in [5.74, 6) is 1.12. The van der Waals surface area contributed by atoms with Crippen LogP contribution < -0.4 is 10.2 Å². The fourth-order valence-corrected chi connectivity index (χ4v) is 3.30. The molecule has 1 heterocycles. The second-order valence-electron chi connectivity index (χ2n) is 5.99. The van der Waals surface area contributed by atoms with Gasteiger partial charge in [0.25, 0.3) is 0 Å². The van der Waals surface area contributed by atoms with Crippen molar-refractivity contribution in [3.05, 3.63) is 35.9 Å². The number of nitrogens with one attached hydrogen (secondary N) is 1. The molecule has 3 nitrogen and oxygen atoms in total. The molecule has 1 aliphatic rings. The smallest absolute Gasteiger partial charge is 0.129 e. The lowest BCUT2D eigenvalue weighted by Gasteiger charge is -2.26. The number of hydrogen-bond acceptors (Lipinski definition) is 3. The van der Waals surface area contributed by atoms with Crippen LogP contribution in [0.1, 0.15) is 38.2 Å². The van der Waals surface area contributed by atoms with Crippen LogP contribution in [0.4, 0.5) is 5.82 Å². The van der Waals surface area contributed by atoms with Gasteiger partial charge < -0.3 is 10.2 Å². The van der Waals surface area contributed by atoms with E-state index in [1.54, 1.807) is 0 Å². The molecule has 0 bridgehead atoms. The molecule has 1 aliphatic carbocycles. The van der Waals surface area contributed by atoms with Crippen molar-refractivity contribution in [3.63, 3.8) is 0 Å². The molecule has 1 aromatic carbocycles. The summed E-state index contributed by atoms with van der Waals surface area (Å²) in [5.41, 5.74) is 2.45. The van der Waals surface area contributed by atoms with Crippen LogP contribution >= 0.6 is 0 Å². The Morgan fingerprint density at radius 3 is 2.76 bits per heavy atom. The van der Waals surface area contributed by atoms with Crippen molar-refractivity contribution in [3.8, 4) is 0 Å². The molecule has 3 heteroatoms. The first-order chi connectivity index (χ1) is 10.3. The number of hydrogen-bond donors (Lipinski definition) is 1. The summed E-state index contributed by atoms with van der Waals surface area (Å²) in [5, 5.41) is 4.71. The molecule has 0 unspecified atom stereocenters. The Hall–Kier alpha value is -1.61. The summed E-state index contributed by atoms with van der Waals surface area (Å²) in [6.07, 6.45) is 5.31. The SMILES string of the molecule is CCNCc1cc(N(C)C2CCCC2)nc2ccccc12. The standard InChI is InChI=1S/C18H25N3/c1-3-19-13-14-12-18(21(2)15-8-4-5-9-15)20-17-11-7-6-10-16(14)17/h6-7,10-12,15,19H,3-5,8-9,13H2,1-2H3. The molecule has 1 fully saturated rings. The minimum atomic E-state index is 0.658. The molecular formula is C18H25N3. The van der Waals surface area contributed by atoms with E-state index in [4.69, 9.17) is 4.98 Å². The maximum Gasteiger partial charge on any atom is 0.129 e. The molecule has 0 atom stereocenters. The van der Waals surface area contributed by atoms with Crippen LogP contribution in [0, 0.1) is 0 Å². The van der Waals surface area contributed by atoms with Gasteiger partial charge in [-0.25, -0.2) is 4.98 Å². The summed E-state index contributed by atoms with van der Waals surface area (Å²) >= 11 is 0. The van der Waals surface area contributed by atoms with Gasteiger partial charge in [-0.15, -0.1) is 0 Å². The Balaban J connectivity index is 1.98. The van der Waals surface area contributed by atoms with Crippen molar-refractivity contribution >= 4 is 16.7 Å². The number of fused-ring (bicyclic) bond motifs is 1. The van der Waals surface area contributed by atoms with Gasteiger partial charge in [0, 0.05) is 25.0 Å². The molecule has 0 aliphatic heterocycles. The van der Waals surface area contributed by atoms with Gasteiger partial charge >= 0.3 is 0 Å². The minimum Gasteiger partial charge on any atom is -0.357 e. The van der Waals surface area contributed by atoms with Gasteiger partial charge in [0.1, 0.15) is 5.82 Å². The zero-order chi connectivity index (χ0) is 14.7. The van der Waals surface area contributed by atoms with Crippen LogP contribution in [0.2, 0.25) is 0 Å². The Morgan fingerprint density at radius 1 is 1.24 bits per heavy atom. The van der Waals surface area contributed by atoms with Gasteiger partial charge in [0.05, 0.1) is 5.52 Å². The van der Waals surface area contributed by atoms with E-state index in [9.17, 15) is 0 Å². The first-order valence-electron chi connectivity index (χ1n) is 8.12. The van der Waals surface area contributed by atoms with Gasteiger partial charge in [-0.3, -0.25) is 0 Å². The molecule has 21 heavy (non-hydrogen) atoms. The topological polar surface area (TPSA) is 28.2 Å². The highest BCUT2D eigenvalue weighted by Gasteiger charge is 2.21. The van der Waals surface area contributed by atoms with Gasteiger partial charge in [-0.05, 0) is 37.1 Å². The Kier molecular flexibility index (Phi) is 4.39. The fourth-order valence-electron chi connectivity index (χ4n) is 3.30. The predicted molar refractivity (Wildman–Crippen MR) is 89.8 cm³/mol. The van der Waals surface area contributed by atoms with Crippen LogP contribution in [-0.2, 0) is 6.54 Å². The van der Waals surface area contributed by atoms with Crippen molar-refractivity contribution in [2.24, 2.45) is 0 Å². The summed E-state index contributed by atoms with van der Waals surface area (Å²) in [4.78, 5) is 7.27. The molecule has 1 N–H and O–H groups in total. The third kappa shape index (κ3) is 3.03. The lowest BCUT2D eigenvalue weighted by molar-refractivity contribution is 0.646. The first-order valence-corrected chi connectivity index (χ1v) is 8.12. The maximum absolute atomic E-state index is 4.89. The van der Waals surface area contributed by atoms with E-state index in [1.807, 2.05) is 0 Å². The number of rotatable bonds is 5. The zero-order valence-corrected chi connectivity index (χ0v) is 13.1. The van der Waals surface area contributed by atoms with Crippen molar-refractivity contribution < 1.29 is 0 Å². The van der Waals surface area contributed by atoms with Crippen molar-refractivity contribution in [2.75, 3.05) is 18.5 Å². The Labute approximate surface area is 127 Å². The number of para-hydroxylation sites is 1. The Morgan fingerprint density at radius 2 is 2.00 bits per heavy atom. The predicted octanol–water partition coefficient (Wildman–Crippen LogP) is 3.72. The summed E-state index contributed by atoms with van der Waals surface area (Å²) in [6.45, 7) is 4.05. The number of pyridine rings is 1. The lowest BCUT2D eigenvalue weighted by atomic mass is 10.1. The third-order valence-electron chi connectivity index (χ3n) is 4.59. The van der Waals surface area contributed by atoms with Crippen molar-refractivity contribution in [2.45, 2.75) is 45.2 Å². The van der Waals surface area contributed by atoms with Crippen molar-refractivity contribution in [1.82, 2.24) is 10.3 Å². The van der Waals surface area contributed by atoms with Crippen LogP contribution in [-0.4, -0.2) is 24.6 Å². The highest BCUT2D eigenvalue weighted by molar-refractivity contribution is 5.84. The number of aromatic nitrogens is 1. The number of anilines is 1.